The van der Waals surface area contributed by atoms with Gasteiger partial charge in [-0.05, 0) is 53.6 Å². The second-order valence-corrected chi connectivity index (χ2v) is 16.5. The Kier molecular flexibility index (Phi) is 7.24. The molecule has 0 saturated heterocycles. The third-order valence-corrected chi connectivity index (χ3v) is 13.4. The van der Waals surface area contributed by atoms with Gasteiger partial charge in [-0.3, -0.25) is 0 Å². The van der Waals surface area contributed by atoms with E-state index in [0.29, 0.717) is 17.5 Å². The summed E-state index contributed by atoms with van der Waals surface area (Å²) in [5.74, 6) is 1.95. The number of aromatic nitrogens is 4. The van der Waals surface area contributed by atoms with Crippen LogP contribution in [0.4, 0.5) is 0 Å². The molecule has 266 valence electrons. The van der Waals surface area contributed by atoms with E-state index in [0.717, 1.165) is 33.5 Å². The van der Waals surface area contributed by atoms with E-state index >= 15 is 0 Å². The van der Waals surface area contributed by atoms with Gasteiger partial charge in [-0.2, -0.15) is 0 Å². The average Bonchev–Trinajstić information content (AvgIpc) is 3.96. The Labute approximate surface area is 335 Å². The molecule has 4 heterocycles. The van der Waals surface area contributed by atoms with Crippen molar-refractivity contribution in [3.63, 3.8) is 0 Å². The van der Waals surface area contributed by atoms with Crippen molar-refractivity contribution in [3.05, 3.63) is 182 Å². The SMILES string of the molecule is c1ccc(-c2nc(-c3cccc(-c4cccc(-n5c6ccccc6c6ccc7c8ccccc8sc7c65)c4)c3)nc(-c3ccc4c(c3)sc3ccccc34)n2)cc1. The van der Waals surface area contributed by atoms with Gasteiger partial charge in [0.15, 0.2) is 17.5 Å². The first-order chi connectivity index (χ1) is 28.2. The standard InChI is InChI=1S/C51H30N4S2/c1-2-12-31(13-3-1)49-52-50(54-51(53-49)35-24-25-40-38-19-5-8-22-44(38)56-46(40)30-35)34-16-10-14-32(28-34)33-15-11-17-36(29-33)55-43-21-7-4-18-37(43)41-26-27-42-39-20-6-9-23-45(39)57-48(42)47(41)55/h1-30H. The molecule has 0 aliphatic heterocycles. The highest BCUT2D eigenvalue weighted by atomic mass is 32.1. The minimum atomic E-state index is 0.642. The molecular formula is C51H30N4S2. The fourth-order valence-corrected chi connectivity index (χ4v) is 10.8. The Bertz CT molecular complexity index is 3540. The van der Waals surface area contributed by atoms with Crippen LogP contribution in [0.3, 0.4) is 0 Å². The lowest BCUT2D eigenvalue weighted by Crippen LogP contribution is -2.00. The smallest absolute Gasteiger partial charge is 0.164 e. The van der Waals surface area contributed by atoms with Crippen molar-refractivity contribution in [3.8, 4) is 51.0 Å². The molecule has 0 bridgehead atoms. The number of hydrogen-bond donors (Lipinski definition) is 0. The van der Waals surface area contributed by atoms with Crippen molar-refractivity contribution < 1.29 is 0 Å². The van der Waals surface area contributed by atoms with Gasteiger partial charge in [-0.1, -0.05) is 140 Å². The van der Waals surface area contributed by atoms with Gasteiger partial charge in [-0.15, -0.1) is 22.7 Å². The highest BCUT2D eigenvalue weighted by Gasteiger charge is 2.19. The number of hydrogen-bond acceptors (Lipinski definition) is 5. The number of benzene rings is 8. The van der Waals surface area contributed by atoms with Crippen LogP contribution in [0.2, 0.25) is 0 Å². The second kappa shape index (κ2) is 12.8. The van der Waals surface area contributed by atoms with E-state index in [2.05, 4.69) is 168 Å². The second-order valence-electron chi connectivity index (χ2n) is 14.4. The zero-order chi connectivity index (χ0) is 37.5. The van der Waals surface area contributed by atoms with Crippen LogP contribution in [-0.4, -0.2) is 19.5 Å². The van der Waals surface area contributed by atoms with E-state index in [9.17, 15) is 0 Å². The molecule has 6 heteroatoms. The molecule has 0 saturated carbocycles. The number of nitrogens with zero attached hydrogens (tertiary/aromatic N) is 4. The summed E-state index contributed by atoms with van der Waals surface area (Å²) in [7, 11) is 0. The maximum atomic E-state index is 5.15. The number of rotatable bonds is 5. The monoisotopic (exact) mass is 762 g/mol. The van der Waals surface area contributed by atoms with Crippen molar-refractivity contribution in [2.24, 2.45) is 0 Å². The summed E-state index contributed by atoms with van der Waals surface area (Å²) in [6, 6.07) is 64.9. The Morgan fingerprint density at radius 2 is 0.877 bits per heavy atom. The first kappa shape index (κ1) is 32.3. The topological polar surface area (TPSA) is 43.6 Å². The largest absolute Gasteiger partial charge is 0.308 e. The fraction of sp³-hybridized carbons (Fsp3) is 0. The van der Waals surface area contributed by atoms with Crippen molar-refractivity contribution in [2.45, 2.75) is 0 Å². The molecule has 0 unspecified atom stereocenters. The minimum absolute atomic E-state index is 0.642. The van der Waals surface area contributed by atoms with Crippen LogP contribution >= 0.6 is 22.7 Å². The minimum Gasteiger partial charge on any atom is -0.308 e. The summed E-state index contributed by atoms with van der Waals surface area (Å²) in [6.45, 7) is 0. The molecule has 8 aromatic carbocycles. The van der Waals surface area contributed by atoms with Crippen molar-refractivity contribution in [1.82, 2.24) is 19.5 Å². The fourth-order valence-electron chi connectivity index (χ4n) is 8.38. The quantitative estimate of drug-likeness (QED) is 0.175. The third-order valence-electron chi connectivity index (χ3n) is 11.0. The lowest BCUT2D eigenvalue weighted by Gasteiger charge is -2.12. The van der Waals surface area contributed by atoms with Crippen LogP contribution in [0.25, 0.3) is 113 Å². The van der Waals surface area contributed by atoms with Gasteiger partial charge >= 0.3 is 0 Å². The molecular weight excluding hydrogens is 733 g/mol. The molecule has 4 aromatic heterocycles. The summed E-state index contributed by atoms with van der Waals surface area (Å²) < 4.78 is 7.56. The maximum Gasteiger partial charge on any atom is 0.164 e. The van der Waals surface area contributed by atoms with Crippen LogP contribution in [0, 0.1) is 0 Å². The van der Waals surface area contributed by atoms with Crippen LogP contribution in [0.1, 0.15) is 0 Å². The Hall–Kier alpha value is -6.99. The summed E-state index contributed by atoms with van der Waals surface area (Å²) in [5, 5.41) is 7.65. The average molecular weight is 763 g/mol. The van der Waals surface area contributed by atoms with Gasteiger partial charge in [0.25, 0.3) is 0 Å². The molecule has 0 amide bonds. The van der Waals surface area contributed by atoms with Gasteiger partial charge in [0.1, 0.15) is 0 Å². The highest BCUT2D eigenvalue weighted by Crippen LogP contribution is 2.43. The molecule has 57 heavy (non-hydrogen) atoms. The Morgan fingerprint density at radius 1 is 0.333 bits per heavy atom. The molecule has 0 N–H and O–H groups in total. The molecule has 0 aliphatic rings. The van der Waals surface area contributed by atoms with Gasteiger partial charge in [0.05, 0.1) is 15.7 Å². The van der Waals surface area contributed by atoms with E-state index in [1.807, 2.05) is 29.5 Å². The lowest BCUT2D eigenvalue weighted by molar-refractivity contribution is 1.07. The molecule has 12 aromatic rings. The molecule has 0 spiro atoms. The maximum absolute atomic E-state index is 5.15. The number of para-hydroxylation sites is 1. The van der Waals surface area contributed by atoms with Crippen molar-refractivity contribution in [1.29, 1.82) is 0 Å². The van der Waals surface area contributed by atoms with Crippen LogP contribution in [0.15, 0.2) is 182 Å². The van der Waals surface area contributed by atoms with Crippen LogP contribution < -0.4 is 0 Å². The molecule has 0 fully saturated rings. The number of thiophene rings is 2. The van der Waals surface area contributed by atoms with Gasteiger partial charge in [-0.25, -0.2) is 15.0 Å². The zero-order valence-corrected chi connectivity index (χ0v) is 32.1. The van der Waals surface area contributed by atoms with E-state index in [1.165, 1.54) is 62.2 Å². The summed E-state index contributed by atoms with van der Waals surface area (Å²) in [4.78, 5) is 15.3. The van der Waals surface area contributed by atoms with E-state index in [-0.39, 0.29) is 0 Å². The molecule has 0 radical (unpaired) electrons. The van der Waals surface area contributed by atoms with Crippen molar-refractivity contribution in [2.75, 3.05) is 0 Å². The highest BCUT2D eigenvalue weighted by molar-refractivity contribution is 7.26. The third kappa shape index (κ3) is 5.22. The lowest BCUT2D eigenvalue weighted by atomic mass is 10.0. The first-order valence-electron chi connectivity index (χ1n) is 19.0. The normalized spacial score (nSPS) is 11.9. The summed E-state index contributed by atoms with van der Waals surface area (Å²) in [6.07, 6.45) is 0. The Morgan fingerprint density at radius 3 is 1.68 bits per heavy atom. The van der Waals surface area contributed by atoms with Crippen molar-refractivity contribution >= 4 is 84.8 Å². The molecule has 0 aliphatic carbocycles. The first-order valence-corrected chi connectivity index (χ1v) is 20.6. The zero-order valence-electron chi connectivity index (χ0n) is 30.4. The van der Waals surface area contributed by atoms with Crippen LogP contribution in [0.5, 0.6) is 0 Å². The summed E-state index contributed by atoms with van der Waals surface area (Å²) in [5.41, 5.74) is 8.65. The number of fused-ring (bicyclic) bond motifs is 10. The van der Waals surface area contributed by atoms with E-state index < -0.39 is 0 Å². The summed E-state index contributed by atoms with van der Waals surface area (Å²) >= 11 is 3.68. The predicted molar refractivity (Wildman–Crippen MR) is 242 cm³/mol. The van der Waals surface area contributed by atoms with Gasteiger partial charge in [0.2, 0.25) is 0 Å². The predicted octanol–water partition coefficient (Wildman–Crippen LogP) is 14.4. The Balaban J connectivity index is 1.00. The molecule has 0 atom stereocenters. The molecule has 4 nitrogen and oxygen atoms in total. The molecule has 12 rings (SSSR count). The van der Waals surface area contributed by atoms with E-state index in [4.69, 9.17) is 15.0 Å². The van der Waals surface area contributed by atoms with Gasteiger partial charge < -0.3 is 4.57 Å². The van der Waals surface area contributed by atoms with Gasteiger partial charge in [0, 0.05) is 68.8 Å². The van der Waals surface area contributed by atoms with Crippen LogP contribution in [-0.2, 0) is 0 Å². The van der Waals surface area contributed by atoms with E-state index in [1.54, 1.807) is 11.3 Å².